The highest BCUT2D eigenvalue weighted by Gasteiger charge is 2.22. The first-order valence-corrected chi connectivity index (χ1v) is 8.46. The van der Waals surface area contributed by atoms with Gasteiger partial charge in [-0.3, -0.25) is 0 Å². The lowest BCUT2D eigenvalue weighted by molar-refractivity contribution is 0.0832. The van der Waals surface area contributed by atoms with Gasteiger partial charge in [0.1, 0.15) is 0 Å². The monoisotopic (exact) mass is 301 g/mol. The van der Waals surface area contributed by atoms with E-state index < -0.39 is 10.0 Å². The molecule has 0 aliphatic carbocycles. The number of hydrogen-bond acceptors (Lipinski definition) is 4. The molecule has 1 aromatic rings. The van der Waals surface area contributed by atoms with E-state index in [1.807, 2.05) is 13.8 Å². The molecule has 2 rings (SSSR count). The van der Waals surface area contributed by atoms with Crippen LogP contribution in [0.2, 0.25) is 0 Å². The van der Waals surface area contributed by atoms with E-state index >= 15 is 0 Å². The van der Waals surface area contributed by atoms with Crippen LogP contribution in [0.15, 0.2) is 17.2 Å². The summed E-state index contributed by atoms with van der Waals surface area (Å²) in [5, 5.41) is 3.24. The lowest BCUT2D eigenvalue weighted by Crippen LogP contribution is -2.38. The number of aromatic amines is 1. The van der Waals surface area contributed by atoms with Crippen LogP contribution < -0.4 is 10.0 Å². The average Bonchev–Trinajstić information content (AvgIpc) is 2.86. The lowest BCUT2D eigenvalue weighted by atomic mass is 10.1. The second kappa shape index (κ2) is 6.71. The topological polar surface area (TPSA) is 83.2 Å². The summed E-state index contributed by atoms with van der Waals surface area (Å²) in [6.07, 6.45) is 3.00. The number of sulfonamides is 1. The number of hydrogen-bond donors (Lipinski definition) is 3. The van der Waals surface area contributed by atoms with Crippen molar-refractivity contribution in [2.24, 2.45) is 0 Å². The Hall–Kier alpha value is -0.890. The zero-order valence-electron chi connectivity index (χ0n) is 12.0. The minimum atomic E-state index is -3.44. The zero-order valence-corrected chi connectivity index (χ0v) is 12.8. The minimum Gasteiger partial charge on any atom is -0.381 e. The van der Waals surface area contributed by atoms with E-state index in [1.165, 1.54) is 0 Å². The van der Waals surface area contributed by atoms with Crippen molar-refractivity contribution in [2.75, 3.05) is 13.2 Å². The molecule has 1 saturated heterocycles. The molecular formula is C13H23N3O3S. The smallest absolute Gasteiger partial charge is 0.242 e. The Morgan fingerprint density at radius 3 is 2.75 bits per heavy atom. The number of rotatable bonds is 6. The Morgan fingerprint density at radius 2 is 2.10 bits per heavy atom. The van der Waals surface area contributed by atoms with Crippen molar-refractivity contribution in [3.05, 3.63) is 18.0 Å². The maximum absolute atomic E-state index is 12.3. The zero-order chi connectivity index (χ0) is 14.6. The second-order valence-electron chi connectivity index (χ2n) is 5.40. The summed E-state index contributed by atoms with van der Waals surface area (Å²) in [5.74, 6) is 0. The van der Waals surface area contributed by atoms with Gasteiger partial charge in [-0.05, 0) is 18.9 Å². The minimum absolute atomic E-state index is 0.0270. The van der Waals surface area contributed by atoms with Gasteiger partial charge in [-0.15, -0.1) is 0 Å². The maximum atomic E-state index is 12.3. The molecule has 0 radical (unpaired) electrons. The molecule has 0 amide bonds. The lowest BCUT2D eigenvalue weighted by Gasteiger charge is -2.22. The SMILES string of the molecule is CC(C)NCc1cc(S(=O)(=O)NC2CCOCC2)c[nH]1. The Kier molecular flexibility index (Phi) is 5.20. The fraction of sp³-hybridized carbons (Fsp3) is 0.692. The first-order valence-electron chi connectivity index (χ1n) is 6.98. The van der Waals surface area contributed by atoms with E-state index in [9.17, 15) is 8.42 Å². The van der Waals surface area contributed by atoms with Crippen molar-refractivity contribution in [1.82, 2.24) is 15.0 Å². The van der Waals surface area contributed by atoms with Gasteiger partial charge in [0, 0.05) is 43.7 Å². The summed E-state index contributed by atoms with van der Waals surface area (Å²) in [6, 6.07) is 2.01. The van der Waals surface area contributed by atoms with Crippen LogP contribution in [0.5, 0.6) is 0 Å². The van der Waals surface area contributed by atoms with Crippen molar-refractivity contribution >= 4 is 10.0 Å². The van der Waals surface area contributed by atoms with Crippen molar-refractivity contribution in [1.29, 1.82) is 0 Å². The molecule has 20 heavy (non-hydrogen) atoms. The number of aromatic nitrogens is 1. The van der Waals surface area contributed by atoms with Crippen LogP contribution in [0, 0.1) is 0 Å². The van der Waals surface area contributed by atoms with Crippen LogP contribution in [0.4, 0.5) is 0 Å². The molecular weight excluding hydrogens is 278 g/mol. The molecule has 1 fully saturated rings. The number of nitrogens with one attached hydrogen (secondary N) is 3. The summed E-state index contributed by atoms with van der Waals surface area (Å²) in [4.78, 5) is 3.29. The molecule has 0 spiro atoms. The molecule has 6 nitrogen and oxygen atoms in total. The molecule has 7 heteroatoms. The third-order valence-corrected chi connectivity index (χ3v) is 4.77. The molecule has 3 N–H and O–H groups in total. The van der Waals surface area contributed by atoms with Gasteiger partial charge in [-0.1, -0.05) is 13.8 Å². The van der Waals surface area contributed by atoms with E-state index in [0.717, 1.165) is 18.5 Å². The summed E-state index contributed by atoms with van der Waals surface area (Å²) in [6.45, 7) is 5.96. The summed E-state index contributed by atoms with van der Waals surface area (Å²) >= 11 is 0. The van der Waals surface area contributed by atoms with Crippen LogP contribution in [0.3, 0.4) is 0 Å². The van der Waals surface area contributed by atoms with E-state index in [1.54, 1.807) is 12.3 Å². The standard InChI is InChI=1S/C13H23N3O3S/c1-10(2)14-8-12-7-13(9-15-12)20(17,18)16-11-3-5-19-6-4-11/h7,9-11,14-16H,3-6,8H2,1-2H3. The van der Waals surface area contributed by atoms with Gasteiger partial charge in [0.25, 0.3) is 0 Å². The first-order chi connectivity index (χ1) is 9.47. The van der Waals surface area contributed by atoms with Gasteiger partial charge in [0.2, 0.25) is 10.0 Å². The molecule has 114 valence electrons. The predicted molar refractivity (Wildman–Crippen MR) is 76.9 cm³/mol. The van der Waals surface area contributed by atoms with Crippen molar-refractivity contribution < 1.29 is 13.2 Å². The Bertz CT molecular complexity index is 519. The molecule has 0 atom stereocenters. The highest BCUT2D eigenvalue weighted by molar-refractivity contribution is 7.89. The number of H-pyrrole nitrogens is 1. The molecule has 0 aromatic carbocycles. The van der Waals surface area contributed by atoms with Crippen LogP contribution in [-0.4, -0.2) is 38.7 Å². The van der Waals surface area contributed by atoms with Gasteiger partial charge < -0.3 is 15.0 Å². The first kappa shape index (κ1) is 15.5. The van der Waals surface area contributed by atoms with E-state index in [2.05, 4.69) is 15.0 Å². The molecule has 0 saturated carbocycles. The van der Waals surface area contributed by atoms with Gasteiger partial charge in [0.05, 0.1) is 4.90 Å². The van der Waals surface area contributed by atoms with Crippen LogP contribution >= 0.6 is 0 Å². The average molecular weight is 301 g/mol. The van der Waals surface area contributed by atoms with Gasteiger partial charge >= 0.3 is 0 Å². The summed E-state index contributed by atoms with van der Waals surface area (Å²) < 4.78 is 32.5. The fourth-order valence-electron chi connectivity index (χ4n) is 2.09. The fourth-order valence-corrected chi connectivity index (χ4v) is 3.42. The van der Waals surface area contributed by atoms with E-state index in [-0.39, 0.29) is 6.04 Å². The third-order valence-electron chi connectivity index (χ3n) is 3.27. The highest BCUT2D eigenvalue weighted by Crippen LogP contribution is 2.14. The normalized spacial score (nSPS) is 17.8. The van der Waals surface area contributed by atoms with Gasteiger partial charge in [0.15, 0.2) is 0 Å². The molecule has 0 bridgehead atoms. The largest absolute Gasteiger partial charge is 0.381 e. The second-order valence-corrected chi connectivity index (χ2v) is 7.12. The van der Waals surface area contributed by atoms with Gasteiger partial charge in [-0.2, -0.15) is 0 Å². The predicted octanol–water partition coefficient (Wildman–Crippen LogP) is 0.970. The Morgan fingerprint density at radius 1 is 1.40 bits per heavy atom. The van der Waals surface area contributed by atoms with Crippen molar-refractivity contribution in [2.45, 2.75) is 50.2 Å². The van der Waals surface area contributed by atoms with Crippen LogP contribution in [0.1, 0.15) is 32.4 Å². The molecule has 0 unspecified atom stereocenters. The Labute approximate surface area is 120 Å². The highest BCUT2D eigenvalue weighted by atomic mass is 32.2. The molecule has 1 aliphatic heterocycles. The summed E-state index contributed by atoms with van der Waals surface area (Å²) in [5.41, 5.74) is 0.867. The molecule has 2 heterocycles. The van der Waals surface area contributed by atoms with Crippen LogP contribution in [0.25, 0.3) is 0 Å². The van der Waals surface area contributed by atoms with Crippen molar-refractivity contribution in [3.8, 4) is 0 Å². The summed E-state index contributed by atoms with van der Waals surface area (Å²) in [7, 11) is -3.44. The van der Waals surface area contributed by atoms with E-state index in [0.29, 0.717) is 30.7 Å². The molecule has 1 aromatic heterocycles. The van der Waals surface area contributed by atoms with Gasteiger partial charge in [-0.25, -0.2) is 13.1 Å². The molecule has 1 aliphatic rings. The van der Waals surface area contributed by atoms with Crippen molar-refractivity contribution in [3.63, 3.8) is 0 Å². The third kappa shape index (κ3) is 4.31. The quantitative estimate of drug-likeness (QED) is 0.731. The Balaban J connectivity index is 1.98. The van der Waals surface area contributed by atoms with E-state index in [4.69, 9.17) is 4.74 Å². The number of ether oxygens (including phenoxy) is 1. The van der Waals surface area contributed by atoms with Crippen LogP contribution in [-0.2, 0) is 21.3 Å². The maximum Gasteiger partial charge on any atom is 0.242 e.